The van der Waals surface area contributed by atoms with Crippen LogP contribution in [-0.2, 0) is 18.9 Å². The monoisotopic (exact) mass is 350 g/mol. The van der Waals surface area contributed by atoms with Crippen LogP contribution in [0.2, 0.25) is 0 Å². The smallest absolute Gasteiger partial charge is 0.163 e. The van der Waals surface area contributed by atoms with Crippen LogP contribution in [0.15, 0.2) is 0 Å². The van der Waals surface area contributed by atoms with Crippen molar-refractivity contribution in [2.75, 3.05) is 18.1 Å². The van der Waals surface area contributed by atoms with Crippen LogP contribution in [0, 0.1) is 0 Å². The van der Waals surface area contributed by atoms with Gasteiger partial charge < -0.3 is 24.1 Å². The van der Waals surface area contributed by atoms with Crippen molar-refractivity contribution in [3.63, 3.8) is 0 Å². The molecule has 4 atom stereocenters. The molecule has 0 aliphatic carbocycles. The van der Waals surface area contributed by atoms with Crippen molar-refractivity contribution in [3.05, 3.63) is 0 Å². The Kier molecular flexibility index (Phi) is 5.06. The molecule has 0 unspecified atom stereocenters. The van der Waals surface area contributed by atoms with E-state index in [4.69, 9.17) is 18.9 Å². The summed E-state index contributed by atoms with van der Waals surface area (Å²) in [5.41, 5.74) is 0. The standard InChI is InChI=1S/C15H26O5S2/c1-14(2)17-8-9(18-14)10(16)11-12(20-15(3,4)19-11)13-21-6-5-7-22-13/h9-13,16H,5-8H2,1-4H3/t9-,10+,11+,12-/m1/s1. The molecule has 3 rings (SSSR count). The molecule has 7 heteroatoms. The Hall–Kier alpha value is 0.500. The number of aliphatic hydroxyl groups excluding tert-OH is 1. The summed E-state index contributed by atoms with van der Waals surface area (Å²) in [6.07, 6.45) is -0.424. The molecule has 5 nitrogen and oxygen atoms in total. The number of ether oxygens (including phenoxy) is 4. The Morgan fingerprint density at radius 1 is 1.00 bits per heavy atom. The summed E-state index contributed by atoms with van der Waals surface area (Å²) in [5, 5.41) is 10.8. The summed E-state index contributed by atoms with van der Waals surface area (Å²) in [6, 6.07) is 0. The molecule has 3 saturated heterocycles. The van der Waals surface area contributed by atoms with Crippen LogP contribution in [0.5, 0.6) is 0 Å². The van der Waals surface area contributed by atoms with E-state index in [-0.39, 0.29) is 18.3 Å². The molecule has 0 radical (unpaired) electrons. The summed E-state index contributed by atoms with van der Waals surface area (Å²) in [5.74, 6) is 0.946. The fraction of sp³-hybridized carbons (Fsp3) is 1.00. The van der Waals surface area contributed by atoms with Gasteiger partial charge in [-0.05, 0) is 45.6 Å². The van der Waals surface area contributed by atoms with Crippen molar-refractivity contribution in [3.8, 4) is 0 Å². The zero-order valence-corrected chi connectivity index (χ0v) is 15.2. The maximum Gasteiger partial charge on any atom is 0.163 e. The first-order valence-corrected chi connectivity index (χ1v) is 9.96. The lowest BCUT2D eigenvalue weighted by Gasteiger charge is -2.32. The zero-order valence-electron chi connectivity index (χ0n) is 13.6. The number of hydrogen-bond acceptors (Lipinski definition) is 7. The Morgan fingerprint density at radius 2 is 1.68 bits per heavy atom. The van der Waals surface area contributed by atoms with Crippen molar-refractivity contribution >= 4 is 23.5 Å². The predicted octanol–water partition coefficient (Wildman–Crippen LogP) is 2.22. The third-order valence-electron chi connectivity index (χ3n) is 4.03. The molecule has 0 bridgehead atoms. The van der Waals surface area contributed by atoms with E-state index in [2.05, 4.69) is 0 Å². The summed E-state index contributed by atoms with van der Waals surface area (Å²) in [7, 11) is 0. The van der Waals surface area contributed by atoms with Crippen LogP contribution in [0.3, 0.4) is 0 Å². The molecule has 22 heavy (non-hydrogen) atoms. The lowest BCUT2D eigenvalue weighted by Crippen LogP contribution is -2.47. The van der Waals surface area contributed by atoms with Gasteiger partial charge in [0.1, 0.15) is 24.4 Å². The Labute approximate surface area is 140 Å². The van der Waals surface area contributed by atoms with Crippen LogP contribution >= 0.6 is 23.5 Å². The Balaban J connectivity index is 1.71. The molecule has 0 saturated carbocycles. The third-order valence-corrected chi connectivity index (χ3v) is 7.09. The molecule has 0 aromatic rings. The minimum Gasteiger partial charge on any atom is -0.387 e. The van der Waals surface area contributed by atoms with Gasteiger partial charge in [-0.3, -0.25) is 0 Å². The molecule has 0 amide bonds. The third kappa shape index (κ3) is 3.77. The van der Waals surface area contributed by atoms with Crippen molar-refractivity contribution < 1.29 is 24.1 Å². The first kappa shape index (κ1) is 17.3. The first-order chi connectivity index (χ1) is 10.3. The van der Waals surface area contributed by atoms with Gasteiger partial charge in [0, 0.05) is 0 Å². The topological polar surface area (TPSA) is 57.2 Å². The van der Waals surface area contributed by atoms with Crippen LogP contribution < -0.4 is 0 Å². The zero-order chi connectivity index (χ0) is 16.0. The normalized spacial score (nSPS) is 40.0. The van der Waals surface area contributed by atoms with Crippen LogP contribution in [0.25, 0.3) is 0 Å². The minimum atomic E-state index is -0.753. The van der Waals surface area contributed by atoms with Gasteiger partial charge in [-0.1, -0.05) is 0 Å². The van der Waals surface area contributed by atoms with Gasteiger partial charge in [-0.25, -0.2) is 0 Å². The number of hydrogen-bond donors (Lipinski definition) is 1. The number of rotatable bonds is 3. The average molecular weight is 351 g/mol. The van der Waals surface area contributed by atoms with E-state index < -0.39 is 17.7 Å². The highest BCUT2D eigenvalue weighted by atomic mass is 32.2. The van der Waals surface area contributed by atoms with E-state index in [1.165, 1.54) is 6.42 Å². The summed E-state index contributed by atoms with van der Waals surface area (Å²) in [6.45, 7) is 7.91. The largest absolute Gasteiger partial charge is 0.387 e. The SMILES string of the molecule is CC1(C)OC[C@H]([C@H](O)[C@@H]2OC(C)(C)O[C@H]2C2SCCCS2)O1. The fourth-order valence-electron chi connectivity index (χ4n) is 3.08. The molecule has 3 aliphatic rings. The van der Waals surface area contributed by atoms with Crippen molar-refractivity contribution in [1.29, 1.82) is 0 Å². The van der Waals surface area contributed by atoms with Crippen LogP contribution in [-0.4, -0.2) is 63.8 Å². The van der Waals surface area contributed by atoms with Crippen molar-refractivity contribution in [1.82, 2.24) is 0 Å². The number of thioether (sulfide) groups is 2. The average Bonchev–Trinajstić information content (AvgIpc) is 2.98. The predicted molar refractivity (Wildman–Crippen MR) is 88.1 cm³/mol. The highest BCUT2D eigenvalue weighted by Crippen LogP contribution is 2.43. The van der Waals surface area contributed by atoms with Gasteiger partial charge in [-0.2, -0.15) is 0 Å². The van der Waals surface area contributed by atoms with Crippen molar-refractivity contribution in [2.24, 2.45) is 0 Å². The van der Waals surface area contributed by atoms with E-state index in [9.17, 15) is 5.11 Å². The molecule has 128 valence electrons. The van der Waals surface area contributed by atoms with Crippen molar-refractivity contribution in [2.45, 2.75) is 74.7 Å². The van der Waals surface area contributed by atoms with Gasteiger partial charge in [-0.15, -0.1) is 23.5 Å². The summed E-state index contributed by atoms with van der Waals surface area (Å²) in [4.78, 5) is 0. The molecule has 3 fully saturated rings. The highest BCUT2D eigenvalue weighted by Gasteiger charge is 2.52. The Bertz CT molecular complexity index is 397. The van der Waals surface area contributed by atoms with E-state index in [1.807, 2.05) is 51.2 Å². The van der Waals surface area contributed by atoms with E-state index in [0.717, 1.165) is 11.5 Å². The number of aliphatic hydroxyl groups is 1. The maximum absolute atomic E-state index is 10.8. The van der Waals surface area contributed by atoms with Gasteiger partial charge in [0.25, 0.3) is 0 Å². The first-order valence-electron chi connectivity index (χ1n) is 7.86. The lowest BCUT2D eigenvalue weighted by atomic mass is 10.0. The molecular formula is C15H26O5S2. The second kappa shape index (κ2) is 6.43. The van der Waals surface area contributed by atoms with Gasteiger partial charge in [0.15, 0.2) is 11.6 Å². The Morgan fingerprint density at radius 3 is 2.27 bits per heavy atom. The van der Waals surface area contributed by atoms with Crippen LogP contribution in [0.4, 0.5) is 0 Å². The molecular weight excluding hydrogens is 324 g/mol. The molecule has 0 spiro atoms. The molecule has 1 N–H and O–H groups in total. The van der Waals surface area contributed by atoms with E-state index in [1.54, 1.807) is 0 Å². The quantitative estimate of drug-likeness (QED) is 0.837. The molecule has 0 aromatic heterocycles. The second-order valence-electron chi connectivity index (χ2n) is 6.89. The minimum absolute atomic E-state index is 0.132. The van der Waals surface area contributed by atoms with Gasteiger partial charge >= 0.3 is 0 Å². The maximum atomic E-state index is 10.8. The molecule has 3 aliphatic heterocycles. The molecule has 0 aromatic carbocycles. The van der Waals surface area contributed by atoms with Crippen LogP contribution in [0.1, 0.15) is 34.1 Å². The van der Waals surface area contributed by atoms with Gasteiger partial charge in [0.05, 0.1) is 11.2 Å². The van der Waals surface area contributed by atoms with Gasteiger partial charge in [0.2, 0.25) is 0 Å². The lowest BCUT2D eigenvalue weighted by molar-refractivity contribution is -0.178. The van der Waals surface area contributed by atoms with E-state index >= 15 is 0 Å². The summed E-state index contributed by atoms with van der Waals surface area (Å²) >= 11 is 3.80. The molecule has 3 heterocycles. The van der Waals surface area contributed by atoms with E-state index in [0.29, 0.717) is 11.2 Å². The summed E-state index contributed by atoms with van der Waals surface area (Å²) < 4.78 is 23.8. The highest BCUT2D eigenvalue weighted by molar-refractivity contribution is 8.17. The second-order valence-corrected chi connectivity index (χ2v) is 9.68. The fourth-order valence-corrected chi connectivity index (χ4v) is 6.11.